The Hall–Kier alpha value is -2.58. The molecule has 2 rings (SSSR count). The highest BCUT2D eigenvalue weighted by molar-refractivity contribution is 5.96. The average Bonchev–Trinajstić information content (AvgIpc) is 3.17. The van der Waals surface area contributed by atoms with Crippen molar-refractivity contribution in [3.63, 3.8) is 0 Å². The Morgan fingerprint density at radius 1 is 1.38 bits per heavy atom. The quantitative estimate of drug-likeness (QED) is 0.632. The molecule has 1 aromatic rings. The number of nitro benzene ring substituents is 1. The molecule has 2 N–H and O–H groups in total. The van der Waals surface area contributed by atoms with E-state index in [9.17, 15) is 28.5 Å². The number of carboxylic acids is 1. The van der Waals surface area contributed by atoms with E-state index in [1.807, 2.05) is 0 Å². The molecule has 0 heterocycles. The molecular formula is C12H10F2N2O5. The minimum absolute atomic E-state index is 0.289. The monoisotopic (exact) mass is 300 g/mol. The molecule has 1 amide bonds. The van der Waals surface area contributed by atoms with E-state index in [0.717, 1.165) is 0 Å². The normalized spacial score (nSPS) is 15.3. The summed E-state index contributed by atoms with van der Waals surface area (Å²) < 4.78 is 27.3. The van der Waals surface area contributed by atoms with Crippen LogP contribution in [-0.2, 0) is 4.79 Å². The first-order valence-electron chi connectivity index (χ1n) is 5.92. The number of nitro groups is 1. The SMILES string of the molecule is O=C(NCC1(C(=O)O)CC1)c1c(F)ccc([N+](=O)[O-])c1F. The predicted molar refractivity (Wildman–Crippen MR) is 64.6 cm³/mol. The lowest BCUT2D eigenvalue weighted by molar-refractivity contribution is -0.387. The molecule has 0 spiro atoms. The number of carbonyl (C=O) groups excluding carboxylic acids is 1. The third-order valence-electron chi connectivity index (χ3n) is 3.39. The number of halogens is 2. The summed E-state index contributed by atoms with van der Waals surface area (Å²) in [5.74, 6) is -5.17. The summed E-state index contributed by atoms with van der Waals surface area (Å²) >= 11 is 0. The largest absolute Gasteiger partial charge is 0.481 e. The first-order valence-corrected chi connectivity index (χ1v) is 5.92. The maximum atomic E-state index is 13.8. The zero-order valence-electron chi connectivity index (χ0n) is 10.6. The zero-order chi connectivity index (χ0) is 15.8. The van der Waals surface area contributed by atoms with E-state index in [2.05, 4.69) is 5.32 Å². The molecule has 112 valence electrons. The molecule has 0 aromatic heterocycles. The highest BCUT2D eigenvalue weighted by Gasteiger charge is 2.50. The molecule has 0 radical (unpaired) electrons. The van der Waals surface area contributed by atoms with Crippen molar-refractivity contribution in [2.75, 3.05) is 6.54 Å². The van der Waals surface area contributed by atoms with E-state index in [-0.39, 0.29) is 6.54 Å². The second-order valence-electron chi connectivity index (χ2n) is 4.78. The summed E-state index contributed by atoms with van der Waals surface area (Å²) in [7, 11) is 0. The molecule has 1 aromatic carbocycles. The van der Waals surface area contributed by atoms with Crippen molar-refractivity contribution >= 4 is 17.6 Å². The van der Waals surface area contributed by atoms with Crippen molar-refractivity contribution in [3.05, 3.63) is 39.4 Å². The second-order valence-corrected chi connectivity index (χ2v) is 4.78. The van der Waals surface area contributed by atoms with Crippen LogP contribution < -0.4 is 5.32 Å². The van der Waals surface area contributed by atoms with Gasteiger partial charge in [0, 0.05) is 12.6 Å². The smallest absolute Gasteiger partial charge is 0.311 e. The van der Waals surface area contributed by atoms with Crippen molar-refractivity contribution < 1.29 is 28.4 Å². The fourth-order valence-corrected chi connectivity index (χ4v) is 1.85. The van der Waals surface area contributed by atoms with Crippen molar-refractivity contribution in [2.45, 2.75) is 12.8 Å². The van der Waals surface area contributed by atoms with Gasteiger partial charge < -0.3 is 10.4 Å². The number of hydrogen-bond donors (Lipinski definition) is 2. The van der Waals surface area contributed by atoms with Crippen LogP contribution in [0, 0.1) is 27.2 Å². The van der Waals surface area contributed by atoms with Gasteiger partial charge in [0.1, 0.15) is 11.4 Å². The molecule has 0 unspecified atom stereocenters. The van der Waals surface area contributed by atoms with Crippen LogP contribution >= 0.6 is 0 Å². The predicted octanol–water partition coefficient (Wildman–Crippen LogP) is 1.47. The Balaban J connectivity index is 2.21. The van der Waals surface area contributed by atoms with Crippen molar-refractivity contribution in [1.82, 2.24) is 5.32 Å². The number of carbonyl (C=O) groups is 2. The van der Waals surface area contributed by atoms with Gasteiger partial charge in [0.2, 0.25) is 5.82 Å². The highest BCUT2D eigenvalue weighted by atomic mass is 19.1. The Bertz CT molecular complexity index is 643. The summed E-state index contributed by atoms with van der Waals surface area (Å²) in [4.78, 5) is 32.2. The number of aliphatic carboxylic acids is 1. The Labute approximate surface area is 116 Å². The lowest BCUT2D eigenvalue weighted by Gasteiger charge is -2.11. The number of amides is 1. The number of benzene rings is 1. The number of nitrogens with zero attached hydrogens (tertiary/aromatic N) is 1. The lowest BCUT2D eigenvalue weighted by Crippen LogP contribution is -2.35. The third kappa shape index (κ3) is 2.67. The molecule has 7 nitrogen and oxygen atoms in total. The van der Waals surface area contributed by atoms with Crippen LogP contribution in [0.3, 0.4) is 0 Å². The van der Waals surface area contributed by atoms with Gasteiger partial charge in [-0.1, -0.05) is 0 Å². The van der Waals surface area contributed by atoms with Gasteiger partial charge in [-0.15, -0.1) is 0 Å². The summed E-state index contributed by atoms with van der Waals surface area (Å²) in [6, 6.07) is 1.22. The standard InChI is InChI=1S/C12H10F2N2O5/c13-6-1-2-7(16(20)21)9(14)8(6)10(17)15-5-12(3-4-12)11(18)19/h1-2H,3-5H2,(H,15,17)(H,18,19). The van der Waals surface area contributed by atoms with Crippen LogP contribution in [0.5, 0.6) is 0 Å². The first kappa shape index (κ1) is 14.8. The Kier molecular flexibility index (Phi) is 3.58. The summed E-state index contributed by atoms with van der Waals surface area (Å²) in [5, 5.41) is 21.6. The van der Waals surface area contributed by atoms with Gasteiger partial charge in [-0.3, -0.25) is 19.7 Å². The average molecular weight is 300 g/mol. The van der Waals surface area contributed by atoms with Crippen LogP contribution in [0.1, 0.15) is 23.2 Å². The topological polar surface area (TPSA) is 110 Å². The van der Waals surface area contributed by atoms with Gasteiger partial charge in [0.15, 0.2) is 0 Å². The van der Waals surface area contributed by atoms with E-state index < -0.39 is 45.1 Å². The van der Waals surface area contributed by atoms with E-state index in [0.29, 0.717) is 25.0 Å². The van der Waals surface area contributed by atoms with Crippen molar-refractivity contribution in [1.29, 1.82) is 0 Å². The summed E-state index contributed by atoms with van der Waals surface area (Å²) in [6.45, 7) is -0.289. The molecule has 9 heteroatoms. The minimum atomic E-state index is -1.59. The molecule has 0 atom stereocenters. The molecule has 0 saturated heterocycles. The van der Waals surface area contributed by atoms with E-state index in [1.54, 1.807) is 0 Å². The van der Waals surface area contributed by atoms with Crippen LogP contribution in [0.2, 0.25) is 0 Å². The summed E-state index contributed by atoms with van der Waals surface area (Å²) in [5.41, 5.74) is -3.23. The summed E-state index contributed by atoms with van der Waals surface area (Å²) in [6.07, 6.45) is 0.699. The zero-order valence-corrected chi connectivity index (χ0v) is 10.6. The molecule has 1 fully saturated rings. The number of rotatable bonds is 5. The molecule has 21 heavy (non-hydrogen) atoms. The highest BCUT2D eigenvalue weighted by Crippen LogP contribution is 2.45. The van der Waals surface area contributed by atoms with Gasteiger partial charge in [-0.25, -0.2) is 4.39 Å². The van der Waals surface area contributed by atoms with Crippen LogP contribution in [0.4, 0.5) is 14.5 Å². The van der Waals surface area contributed by atoms with Crippen molar-refractivity contribution in [3.8, 4) is 0 Å². The van der Waals surface area contributed by atoms with Gasteiger partial charge in [0.05, 0.1) is 10.3 Å². The maximum absolute atomic E-state index is 13.8. The molecule has 0 bridgehead atoms. The van der Waals surface area contributed by atoms with Crippen LogP contribution in [-0.4, -0.2) is 28.5 Å². The van der Waals surface area contributed by atoms with Gasteiger partial charge in [-0.2, -0.15) is 4.39 Å². The van der Waals surface area contributed by atoms with Gasteiger partial charge in [0.25, 0.3) is 5.91 Å². The van der Waals surface area contributed by atoms with Crippen molar-refractivity contribution in [2.24, 2.45) is 5.41 Å². The fourth-order valence-electron chi connectivity index (χ4n) is 1.85. The van der Waals surface area contributed by atoms with E-state index in [1.165, 1.54) is 0 Å². The third-order valence-corrected chi connectivity index (χ3v) is 3.39. The van der Waals surface area contributed by atoms with E-state index >= 15 is 0 Å². The lowest BCUT2D eigenvalue weighted by atomic mass is 10.1. The molecule has 0 aliphatic heterocycles. The number of hydrogen-bond acceptors (Lipinski definition) is 4. The van der Waals surface area contributed by atoms with E-state index in [4.69, 9.17) is 5.11 Å². The van der Waals surface area contributed by atoms with Crippen LogP contribution in [0.15, 0.2) is 12.1 Å². The Morgan fingerprint density at radius 2 is 2.00 bits per heavy atom. The first-order chi connectivity index (χ1) is 9.78. The second kappa shape index (κ2) is 5.08. The number of nitrogens with one attached hydrogen (secondary N) is 1. The molecule has 1 saturated carbocycles. The molecular weight excluding hydrogens is 290 g/mol. The van der Waals surface area contributed by atoms with Crippen LogP contribution in [0.25, 0.3) is 0 Å². The molecule has 1 aliphatic rings. The Morgan fingerprint density at radius 3 is 2.48 bits per heavy atom. The van der Waals surface area contributed by atoms with Gasteiger partial charge in [-0.05, 0) is 18.9 Å². The molecule has 1 aliphatic carbocycles. The minimum Gasteiger partial charge on any atom is -0.481 e. The van der Waals surface area contributed by atoms with Gasteiger partial charge >= 0.3 is 11.7 Å². The maximum Gasteiger partial charge on any atom is 0.311 e. The number of carboxylic acid groups (broad SMARTS) is 1. The fraction of sp³-hybridized carbons (Fsp3) is 0.333.